The van der Waals surface area contributed by atoms with Crippen LogP contribution in [0.1, 0.15) is 35.3 Å². The van der Waals surface area contributed by atoms with E-state index >= 15 is 0 Å². The number of hydrogen-bond acceptors (Lipinski definition) is 5. The van der Waals surface area contributed by atoms with Crippen LogP contribution in [0.4, 0.5) is 5.69 Å². The number of sulfone groups is 1. The molecule has 7 nitrogen and oxygen atoms in total. The number of carbonyl (C=O) groups is 1. The van der Waals surface area contributed by atoms with Crippen molar-refractivity contribution in [1.29, 1.82) is 0 Å². The number of benzene rings is 2. The molecule has 0 spiro atoms. The van der Waals surface area contributed by atoms with E-state index in [-0.39, 0.29) is 27.2 Å². The SMILES string of the molecule is CC[C@H](NC(=O)c1ccc([N+](=O)[O-])cc1Cl)c1ccc(S(C)(=O)=O)cc1. The summed E-state index contributed by atoms with van der Waals surface area (Å²) in [5.74, 6) is -0.469. The summed E-state index contributed by atoms with van der Waals surface area (Å²) in [7, 11) is -3.29. The van der Waals surface area contributed by atoms with Crippen LogP contribution in [-0.2, 0) is 9.84 Å². The molecule has 9 heteroatoms. The van der Waals surface area contributed by atoms with Crippen LogP contribution in [0.3, 0.4) is 0 Å². The summed E-state index contributed by atoms with van der Waals surface area (Å²) in [6, 6.07) is 9.53. The van der Waals surface area contributed by atoms with Crippen LogP contribution in [0.25, 0.3) is 0 Å². The number of non-ortho nitro benzene ring substituents is 1. The lowest BCUT2D eigenvalue weighted by Crippen LogP contribution is -2.28. The van der Waals surface area contributed by atoms with Gasteiger partial charge in [-0.25, -0.2) is 8.42 Å². The fraction of sp³-hybridized carbons (Fsp3) is 0.235. The van der Waals surface area contributed by atoms with Crippen LogP contribution in [0.15, 0.2) is 47.4 Å². The molecule has 138 valence electrons. The second kappa shape index (κ2) is 7.84. The largest absolute Gasteiger partial charge is 0.345 e. The zero-order valence-corrected chi connectivity index (χ0v) is 15.7. The van der Waals surface area contributed by atoms with Crippen LogP contribution >= 0.6 is 11.6 Å². The summed E-state index contributed by atoms with van der Waals surface area (Å²) in [5, 5.41) is 13.5. The van der Waals surface area contributed by atoms with Gasteiger partial charge in [0.2, 0.25) is 0 Å². The number of hydrogen-bond donors (Lipinski definition) is 1. The lowest BCUT2D eigenvalue weighted by molar-refractivity contribution is -0.384. The smallest absolute Gasteiger partial charge is 0.270 e. The average molecular weight is 397 g/mol. The molecule has 0 heterocycles. The number of nitrogens with zero attached hydrogens (tertiary/aromatic N) is 1. The first-order valence-corrected chi connectivity index (χ1v) is 9.95. The van der Waals surface area contributed by atoms with Gasteiger partial charge in [0.05, 0.1) is 26.4 Å². The third-order valence-corrected chi connectivity index (χ3v) is 5.27. The lowest BCUT2D eigenvalue weighted by Gasteiger charge is -2.18. The van der Waals surface area contributed by atoms with E-state index in [1.807, 2.05) is 6.92 Å². The number of nitrogens with one attached hydrogen (secondary N) is 1. The van der Waals surface area contributed by atoms with Crippen LogP contribution in [0.5, 0.6) is 0 Å². The summed E-state index contributed by atoms with van der Waals surface area (Å²) in [6.45, 7) is 1.87. The van der Waals surface area contributed by atoms with Crippen LogP contribution < -0.4 is 5.32 Å². The van der Waals surface area contributed by atoms with Gasteiger partial charge in [0.1, 0.15) is 0 Å². The predicted molar refractivity (Wildman–Crippen MR) is 98.2 cm³/mol. The van der Waals surface area contributed by atoms with E-state index in [0.717, 1.165) is 17.9 Å². The molecular formula is C17H17ClN2O5S. The number of halogens is 1. The first-order chi connectivity index (χ1) is 12.1. The van der Waals surface area contributed by atoms with Crippen molar-refractivity contribution in [3.05, 3.63) is 68.7 Å². The van der Waals surface area contributed by atoms with Crippen molar-refractivity contribution in [2.75, 3.05) is 6.26 Å². The van der Waals surface area contributed by atoms with Crippen molar-refractivity contribution in [2.45, 2.75) is 24.3 Å². The molecule has 0 aliphatic carbocycles. The van der Waals surface area contributed by atoms with E-state index in [2.05, 4.69) is 5.32 Å². The van der Waals surface area contributed by atoms with Gasteiger partial charge in [0.25, 0.3) is 11.6 Å². The first-order valence-electron chi connectivity index (χ1n) is 7.68. The Bertz CT molecular complexity index is 942. The number of nitro groups is 1. The maximum atomic E-state index is 12.5. The van der Waals surface area contributed by atoms with Gasteiger partial charge in [-0.2, -0.15) is 0 Å². The number of nitro benzene ring substituents is 1. The molecule has 2 aromatic carbocycles. The Morgan fingerprint density at radius 2 is 1.85 bits per heavy atom. The minimum absolute atomic E-state index is 0.0148. The van der Waals surface area contributed by atoms with Gasteiger partial charge in [-0.15, -0.1) is 0 Å². The van der Waals surface area contributed by atoms with Gasteiger partial charge in [0.15, 0.2) is 9.84 Å². The third-order valence-electron chi connectivity index (χ3n) is 3.83. The summed E-state index contributed by atoms with van der Waals surface area (Å²) >= 11 is 5.98. The Kier molecular flexibility index (Phi) is 5.99. The normalized spacial score (nSPS) is 12.4. The van der Waals surface area contributed by atoms with Crippen LogP contribution in [0.2, 0.25) is 5.02 Å². The number of rotatable bonds is 6. The summed E-state index contributed by atoms with van der Waals surface area (Å²) in [5.41, 5.74) is 0.671. The van der Waals surface area contributed by atoms with E-state index in [1.165, 1.54) is 24.3 Å². The first kappa shape index (κ1) is 19.9. The van der Waals surface area contributed by atoms with E-state index < -0.39 is 20.7 Å². The van der Waals surface area contributed by atoms with Gasteiger partial charge in [-0.05, 0) is 30.2 Å². The molecule has 1 N–H and O–H groups in total. The molecule has 0 fully saturated rings. The van der Waals surface area contributed by atoms with E-state index in [4.69, 9.17) is 11.6 Å². The molecule has 1 atom stereocenters. The molecule has 0 aliphatic rings. The Hall–Kier alpha value is -2.45. The van der Waals surface area contributed by atoms with Crippen molar-refractivity contribution >= 4 is 33.0 Å². The molecule has 0 aromatic heterocycles. The zero-order valence-electron chi connectivity index (χ0n) is 14.1. The second-order valence-electron chi connectivity index (χ2n) is 5.70. The van der Waals surface area contributed by atoms with Crippen molar-refractivity contribution in [1.82, 2.24) is 5.32 Å². The van der Waals surface area contributed by atoms with Crippen LogP contribution in [-0.4, -0.2) is 25.5 Å². The Balaban J connectivity index is 2.22. The predicted octanol–water partition coefficient (Wildman–Crippen LogP) is 3.53. The Morgan fingerprint density at radius 3 is 2.31 bits per heavy atom. The maximum absolute atomic E-state index is 12.5. The molecule has 0 aliphatic heterocycles. The van der Waals surface area contributed by atoms with Gasteiger partial charge < -0.3 is 5.32 Å². The fourth-order valence-corrected chi connectivity index (χ4v) is 3.30. The average Bonchev–Trinajstić information content (AvgIpc) is 2.58. The molecule has 2 rings (SSSR count). The van der Waals surface area contributed by atoms with Crippen LogP contribution in [0, 0.1) is 10.1 Å². The fourth-order valence-electron chi connectivity index (χ4n) is 2.41. The van der Waals surface area contributed by atoms with E-state index in [1.54, 1.807) is 12.1 Å². The molecule has 0 saturated carbocycles. The van der Waals surface area contributed by atoms with E-state index in [9.17, 15) is 23.3 Å². The van der Waals surface area contributed by atoms with Gasteiger partial charge in [-0.3, -0.25) is 14.9 Å². The van der Waals surface area contributed by atoms with Gasteiger partial charge in [0, 0.05) is 18.4 Å². The van der Waals surface area contributed by atoms with E-state index in [0.29, 0.717) is 6.42 Å². The molecule has 1 amide bonds. The summed E-state index contributed by atoms with van der Waals surface area (Å²) < 4.78 is 23.1. The van der Waals surface area contributed by atoms with Crippen molar-refractivity contribution in [2.24, 2.45) is 0 Å². The minimum atomic E-state index is -3.29. The standard InChI is InChI=1S/C17H17ClN2O5S/c1-3-16(11-4-7-13(8-5-11)26(2,24)25)19-17(21)14-9-6-12(20(22)23)10-15(14)18/h4-10,16H,3H2,1-2H3,(H,19,21)/t16-/m0/s1. The Labute approximate surface area is 156 Å². The summed E-state index contributed by atoms with van der Waals surface area (Å²) in [6.07, 6.45) is 1.69. The molecule has 26 heavy (non-hydrogen) atoms. The number of carbonyl (C=O) groups excluding carboxylic acids is 1. The molecule has 0 bridgehead atoms. The highest BCUT2D eigenvalue weighted by Gasteiger charge is 2.19. The lowest BCUT2D eigenvalue weighted by atomic mass is 10.0. The third kappa shape index (κ3) is 4.59. The molecule has 0 unspecified atom stereocenters. The highest BCUT2D eigenvalue weighted by Crippen LogP contribution is 2.24. The van der Waals surface area contributed by atoms with Crippen molar-refractivity contribution in [3.63, 3.8) is 0 Å². The highest BCUT2D eigenvalue weighted by molar-refractivity contribution is 7.90. The molecule has 0 saturated heterocycles. The zero-order chi connectivity index (χ0) is 19.5. The second-order valence-corrected chi connectivity index (χ2v) is 8.12. The van der Waals surface area contributed by atoms with Gasteiger partial charge >= 0.3 is 0 Å². The topological polar surface area (TPSA) is 106 Å². The maximum Gasteiger partial charge on any atom is 0.270 e. The number of amides is 1. The van der Waals surface area contributed by atoms with Gasteiger partial charge in [-0.1, -0.05) is 30.7 Å². The highest BCUT2D eigenvalue weighted by atomic mass is 35.5. The molecular weight excluding hydrogens is 380 g/mol. The quantitative estimate of drug-likeness (QED) is 0.593. The monoisotopic (exact) mass is 396 g/mol. The van der Waals surface area contributed by atoms with Crippen molar-refractivity contribution < 1.29 is 18.1 Å². The van der Waals surface area contributed by atoms with Crippen molar-refractivity contribution in [3.8, 4) is 0 Å². The molecule has 2 aromatic rings. The Morgan fingerprint density at radius 1 is 1.23 bits per heavy atom. The summed E-state index contributed by atoms with van der Waals surface area (Å²) in [4.78, 5) is 22.8. The molecule has 0 radical (unpaired) electrons. The minimum Gasteiger partial charge on any atom is -0.345 e.